The van der Waals surface area contributed by atoms with Gasteiger partial charge >= 0.3 is 6.01 Å². The molecule has 3 aliphatic heterocycles. The minimum absolute atomic E-state index is 0.0175. The highest BCUT2D eigenvalue weighted by Crippen LogP contribution is 2.44. The molecule has 0 unspecified atom stereocenters. The van der Waals surface area contributed by atoms with E-state index in [1.807, 2.05) is 18.0 Å². The molecule has 0 radical (unpaired) electrons. The number of nitrogens with zero attached hydrogens (tertiary/aromatic N) is 6. The van der Waals surface area contributed by atoms with Gasteiger partial charge in [0.2, 0.25) is 5.91 Å². The van der Waals surface area contributed by atoms with Gasteiger partial charge in [0.1, 0.15) is 41.0 Å². The molecule has 238 valence electrons. The number of carbonyl (C=O) groups is 1. The minimum Gasteiger partial charge on any atom is -0.461 e. The van der Waals surface area contributed by atoms with Crippen molar-refractivity contribution in [3.05, 3.63) is 54.1 Å². The number of nitrogens with two attached hydrogens (primary N) is 1. The highest BCUT2D eigenvalue weighted by Gasteiger charge is 2.49. The molecule has 0 bridgehead atoms. The lowest BCUT2D eigenvalue weighted by molar-refractivity contribution is -0.125. The summed E-state index contributed by atoms with van der Waals surface area (Å²) in [6, 6.07) is 7.80. The standard InChI is InChI=1S/C33H32F3N7O2S/c1-3-25(44)42-12-9-19(16-42)41(2)31-22-6-5-21(20-7-8-24(35)29-26(20)23(14-37)30(38)46-29)27(36)28(22)39-32(40-31)45-17-33-10-4-11-43(33)15-18(34)13-33/h3,5-8,18-19H,1,4,9-13,15-17,38H2,2H3/t18-,19-,33+/m1/s1. The van der Waals surface area contributed by atoms with E-state index in [0.717, 1.165) is 30.7 Å². The molecule has 2 N–H and O–H groups in total. The van der Waals surface area contributed by atoms with Crippen LogP contribution in [0.25, 0.3) is 32.1 Å². The van der Waals surface area contributed by atoms with E-state index in [9.17, 15) is 18.8 Å². The number of hydrogen-bond donors (Lipinski definition) is 1. The maximum Gasteiger partial charge on any atom is 0.319 e. The first-order valence-electron chi connectivity index (χ1n) is 15.2. The monoisotopic (exact) mass is 647 g/mol. The summed E-state index contributed by atoms with van der Waals surface area (Å²) < 4.78 is 52.4. The first kappa shape index (κ1) is 30.3. The van der Waals surface area contributed by atoms with E-state index in [0.29, 0.717) is 49.2 Å². The normalized spacial score (nSPS) is 22.8. The number of amides is 1. The maximum absolute atomic E-state index is 16.8. The van der Waals surface area contributed by atoms with Gasteiger partial charge in [0.15, 0.2) is 5.82 Å². The summed E-state index contributed by atoms with van der Waals surface area (Å²) in [6.45, 7) is 5.88. The van der Waals surface area contributed by atoms with Gasteiger partial charge < -0.3 is 20.3 Å². The van der Waals surface area contributed by atoms with Crippen LogP contribution in [-0.2, 0) is 4.79 Å². The van der Waals surface area contributed by atoms with Crippen molar-refractivity contribution in [2.45, 2.75) is 43.4 Å². The smallest absolute Gasteiger partial charge is 0.319 e. The van der Waals surface area contributed by atoms with Crippen LogP contribution in [0.3, 0.4) is 0 Å². The molecule has 46 heavy (non-hydrogen) atoms. The van der Waals surface area contributed by atoms with Crippen LogP contribution < -0.4 is 15.4 Å². The van der Waals surface area contributed by atoms with Crippen LogP contribution in [0, 0.1) is 23.0 Å². The Balaban J connectivity index is 1.34. The molecule has 3 atom stereocenters. The van der Waals surface area contributed by atoms with E-state index in [-0.39, 0.29) is 56.3 Å². The fourth-order valence-electron chi connectivity index (χ4n) is 7.40. The van der Waals surface area contributed by atoms with Gasteiger partial charge in [-0.3, -0.25) is 9.69 Å². The molecule has 13 heteroatoms. The molecule has 5 heterocycles. The van der Waals surface area contributed by atoms with Gasteiger partial charge in [-0.1, -0.05) is 18.7 Å². The number of carbonyl (C=O) groups excluding carboxylic acids is 1. The lowest BCUT2D eigenvalue weighted by atomic mass is 9.95. The summed E-state index contributed by atoms with van der Waals surface area (Å²) in [5.41, 5.74) is 6.08. The Kier molecular flexibility index (Phi) is 7.52. The van der Waals surface area contributed by atoms with Crippen molar-refractivity contribution in [2.75, 3.05) is 50.5 Å². The van der Waals surface area contributed by atoms with Gasteiger partial charge in [0.05, 0.1) is 15.8 Å². The SMILES string of the molecule is C=CC(=O)N1CC[C@@H](N(C)c2nc(OC[C@@]34CCCN3C[C@H](F)C4)nc3c(F)c(-c4ccc(F)c5sc(N)c(C#N)c45)ccc23)C1. The number of anilines is 2. The molecular weight excluding hydrogens is 615 g/mol. The largest absolute Gasteiger partial charge is 0.461 e. The summed E-state index contributed by atoms with van der Waals surface area (Å²) in [5.74, 6) is -0.993. The third-order valence-electron chi connectivity index (χ3n) is 9.75. The van der Waals surface area contributed by atoms with Crippen LogP contribution in [0.4, 0.5) is 24.0 Å². The Hall–Kier alpha value is -4.41. The summed E-state index contributed by atoms with van der Waals surface area (Å²) in [5, 5.41) is 10.6. The highest BCUT2D eigenvalue weighted by atomic mass is 32.1. The van der Waals surface area contributed by atoms with Crippen LogP contribution in [0.5, 0.6) is 6.01 Å². The van der Waals surface area contributed by atoms with Crippen molar-refractivity contribution >= 4 is 49.1 Å². The summed E-state index contributed by atoms with van der Waals surface area (Å²) in [6.07, 6.45) is 3.08. The van der Waals surface area contributed by atoms with Gasteiger partial charge in [-0.05, 0) is 49.6 Å². The minimum atomic E-state index is -0.941. The maximum atomic E-state index is 16.8. The van der Waals surface area contributed by atoms with Gasteiger partial charge in [-0.2, -0.15) is 15.2 Å². The molecule has 0 aliphatic carbocycles. The number of rotatable bonds is 7. The molecular formula is C33H32F3N7O2S. The van der Waals surface area contributed by atoms with Crippen LogP contribution in [0.15, 0.2) is 36.9 Å². The molecule has 3 saturated heterocycles. The van der Waals surface area contributed by atoms with Gasteiger partial charge in [-0.15, -0.1) is 11.3 Å². The molecule has 4 aromatic rings. The fraction of sp³-hybridized carbons (Fsp3) is 0.394. The number of ether oxygens (including phenoxy) is 1. The van der Waals surface area contributed by atoms with E-state index in [2.05, 4.69) is 16.5 Å². The number of aromatic nitrogens is 2. The number of nitrogen functional groups attached to an aromatic ring is 1. The molecule has 2 aromatic carbocycles. The number of likely N-dealkylation sites (tertiary alicyclic amines) is 1. The van der Waals surface area contributed by atoms with Crippen LogP contribution >= 0.6 is 11.3 Å². The molecule has 3 fully saturated rings. The quantitative estimate of drug-likeness (QED) is 0.265. The first-order valence-corrected chi connectivity index (χ1v) is 16.0. The van der Waals surface area contributed by atoms with Gasteiger partial charge in [0.25, 0.3) is 0 Å². The van der Waals surface area contributed by atoms with Gasteiger partial charge in [-0.25, -0.2) is 13.2 Å². The lowest BCUT2D eigenvalue weighted by Crippen LogP contribution is -2.43. The zero-order valence-electron chi connectivity index (χ0n) is 25.2. The predicted octanol–water partition coefficient (Wildman–Crippen LogP) is 5.42. The number of alkyl halides is 1. The second-order valence-corrected chi connectivity index (χ2v) is 13.4. The average molecular weight is 648 g/mol. The Morgan fingerprint density at radius 1 is 1.26 bits per heavy atom. The van der Waals surface area contributed by atoms with Crippen molar-refractivity contribution in [1.82, 2.24) is 19.8 Å². The molecule has 2 aromatic heterocycles. The summed E-state index contributed by atoms with van der Waals surface area (Å²) in [4.78, 5) is 27.3. The topological polar surface area (TPSA) is 112 Å². The van der Waals surface area contributed by atoms with E-state index >= 15 is 4.39 Å². The van der Waals surface area contributed by atoms with E-state index in [1.54, 1.807) is 17.0 Å². The predicted molar refractivity (Wildman–Crippen MR) is 172 cm³/mol. The van der Waals surface area contributed by atoms with E-state index in [4.69, 9.17) is 15.5 Å². The number of hydrogen-bond acceptors (Lipinski definition) is 9. The molecule has 9 nitrogen and oxygen atoms in total. The first-order chi connectivity index (χ1) is 22.1. The summed E-state index contributed by atoms with van der Waals surface area (Å²) >= 11 is 0.941. The Morgan fingerprint density at radius 2 is 2.07 bits per heavy atom. The molecule has 1 amide bonds. The van der Waals surface area contributed by atoms with E-state index < -0.39 is 23.3 Å². The van der Waals surface area contributed by atoms with E-state index in [1.165, 1.54) is 18.2 Å². The van der Waals surface area contributed by atoms with Crippen LogP contribution in [0.2, 0.25) is 0 Å². The number of likely N-dealkylation sites (N-methyl/N-ethyl adjacent to an activating group) is 1. The molecule has 0 spiro atoms. The van der Waals surface area contributed by atoms with Crippen molar-refractivity contribution in [1.29, 1.82) is 5.26 Å². The zero-order valence-corrected chi connectivity index (χ0v) is 26.0. The second kappa shape index (κ2) is 11.4. The highest BCUT2D eigenvalue weighted by molar-refractivity contribution is 7.23. The second-order valence-electron chi connectivity index (χ2n) is 12.3. The van der Waals surface area contributed by atoms with Crippen LogP contribution in [-0.4, -0.2) is 83.3 Å². The molecule has 3 aliphatic rings. The third-order valence-corrected chi connectivity index (χ3v) is 10.8. The number of fused-ring (bicyclic) bond motifs is 3. The van der Waals surface area contributed by atoms with Crippen molar-refractivity contribution in [3.8, 4) is 23.2 Å². The zero-order chi connectivity index (χ0) is 32.3. The number of benzene rings is 2. The number of thiophene rings is 1. The summed E-state index contributed by atoms with van der Waals surface area (Å²) in [7, 11) is 1.84. The Bertz CT molecular complexity index is 1940. The number of halogens is 3. The average Bonchev–Trinajstić information content (AvgIpc) is 3.82. The van der Waals surface area contributed by atoms with Crippen molar-refractivity contribution in [2.24, 2.45) is 0 Å². The van der Waals surface area contributed by atoms with Crippen molar-refractivity contribution in [3.63, 3.8) is 0 Å². The van der Waals surface area contributed by atoms with Crippen molar-refractivity contribution < 1.29 is 22.7 Å². The van der Waals surface area contributed by atoms with Gasteiger partial charge in [0, 0.05) is 55.5 Å². The number of nitriles is 1. The third kappa shape index (κ3) is 4.82. The molecule has 7 rings (SSSR count). The van der Waals surface area contributed by atoms with Crippen LogP contribution in [0.1, 0.15) is 31.2 Å². The Labute approximate surface area is 267 Å². The molecule has 0 saturated carbocycles. The lowest BCUT2D eigenvalue weighted by Gasteiger charge is -2.31. The Morgan fingerprint density at radius 3 is 2.85 bits per heavy atom. The fourth-order valence-corrected chi connectivity index (χ4v) is 8.35.